The van der Waals surface area contributed by atoms with Crippen molar-refractivity contribution in [3.63, 3.8) is 0 Å². The summed E-state index contributed by atoms with van der Waals surface area (Å²) in [5.41, 5.74) is 2.56. The van der Waals surface area contributed by atoms with Gasteiger partial charge in [-0.15, -0.1) is 0 Å². The monoisotopic (exact) mass is 318 g/mol. The number of carboxylic acids is 1. The number of halogens is 1. The van der Waals surface area contributed by atoms with Gasteiger partial charge in [0.2, 0.25) is 0 Å². The smallest absolute Gasteiger partial charge is 0.337 e. The Bertz CT molecular complexity index is 845. The number of nitrogens with one attached hydrogen (secondary N) is 1. The Morgan fingerprint density at radius 3 is 2.86 bits per heavy atom. The van der Waals surface area contributed by atoms with E-state index in [1.54, 1.807) is 24.3 Å². The molecule has 0 radical (unpaired) electrons. The van der Waals surface area contributed by atoms with E-state index >= 15 is 0 Å². The molecule has 0 saturated heterocycles. The van der Waals surface area contributed by atoms with Crippen molar-refractivity contribution in [2.24, 2.45) is 0 Å². The molecule has 0 aliphatic heterocycles. The van der Waals surface area contributed by atoms with Gasteiger partial charge in [-0.05, 0) is 42.8 Å². The van der Waals surface area contributed by atoms with Crippen molar-refractivity contribution in [2.75, 3.05) is 5.32 Å². The molecule has 2 aromatic carbocycles. The molecule has 0 aliphatic rings. The first-order chi connectivity index (χ1) is 10.0. The molecule has 6 heteroatoms. The maximum Gasteiger partial charge on any atom is 0.337 e. The van der Waals surface area contributed by atoms with Crippen LogP contribution >= 0.6 is 22.9 Å². The van der Waals surface area contributed by atoms with Crippen molar-refractivity contribution in [1.82, 2.24) is 4.98 Å². The highest BCUT2D eigenvalue weighted by atomic mass is 35.5. The third-order valence-electron chi connectivity index (χ3n) is 3.00. The fraction of sp³-hybridized carbons (Fsp3) is 0.0667. The average Bonchev–Trinajstić information content (AvgIpc) is 2.79. The minimum atomic E-state index is -0.971. The van der Waals surface area contributed by atoms with Crippen LogP contribution in [0.2, 0.25) is 5.02 Å². The van der Waals surface area contributed by atoms with Crippen molar-refractivity contribution in [3.05, 3.63) is 52.5 Å². The van der Waals surface area contributed by atoms with Crippen molar-refractivity contribution in [1.29, 1.82) is 0 Å². The van der Waals surface area contributed by atoms with E-state index < -0.39 is 5.97 Å². The highest BCUT2D eigenvalue weighted by Crippen LogP contribution is 2.31. The second kappa shape index (κ2) is 5.35. The lowest BCUT2D eigenvalue weighted by Crippen LogP contribution is -2.02. The standard InChI is InChI=1S/C15H11ClN2O2S/c1-8-2-4-10(14(19)20)12(6-8)18-15-17-11-5-3-9(16)7-13(11)21-15/h2-7H,1H3,(H,17,18)(H,19,20). The van der Waals surface area contributed by atoms with Crippen molar-refractivity contribution >= 4 is 49.9 Å². The van der Waals surface area contributed by atoms with Gasteiger partial charge < -0.3 is 10.4 Å². The van der Waals surface area contributed by atoms with Gasteiger partial charge in [-0.1, -0.05) is 29.0 Å². The van der Waals surface area contributed by atoms with E-state index in [0.717, 1.165) is 15.8 Å². The Balaban J connectivity index is 2.02. The number of fused-ring (bicyclic) bond motifs is 1. The predicted octanol–water partition coefficient (Wildman–Crippen LogP) is 4.70. The van der Waals surface area contributed by atoms with Gasteiger partial charge in [-0.25, -0.2) is 9.78 Å². The summed E-state index contributed by atoms with van der Waals surface area (Å²) in [7, 11) is 0. The Morgan fingerprint density at radius 2 is 2.10 bits per heavy atom. The van der Waals surface area contributed by atoms with Gasteiger partial charge in [0.1, 0.15) is 0 Å². The average molecular weight is 319 g/mol. The second-order valence-electron chi connectivity index (χ2n) is 4.61. The number of aromatic nitrogens is 1. The Morgan fingerprint density at radius 1 is 1.29 bits per heavy atom. The van der Waals surface area contributed by atoms with Crippen LogP contribution in [0.5, 0.6) is 0 Å². The first-order valence-corrected chi connectivity index (χ1v) is 7.39. The maximum atomic E-state index is 11.3. The molecule has 0 atom stereocenters. The molecular formula is C15H11ClN2O2S. The van der Waals surface area contributed by atoms with Crippen molar-refractivity contribution in [2.45, 2.75) is 6.92 Å². The molecular weight excluding hydrogens is 308 g/mol. The van der Waals surface area contributed by atoms with Crippen LogP contribution in [0, 0.1) is 6.92 Å². The van der Waals surface area contributed by atoms with Crippen LogP contribution in [0.3, 0.4) is 0 Å². The summed E-state index contributed by atoms with van der Waals surface area (Å²) in [5.74, 6) is -0.971. The van der Waals surface area contributed by atoms with Crippen LogP contribution in [-0.4, -0.2) is 16.1 Å². The van der Waals surface area contributed by atoms with E-state index in [9.17, 15) is 9.90 Å². The molecule has 3 aromatic rings. The van der Waals surface area contributed by atoms with Crippen molar-refractivity contribution < 1.29 is 9.90 Å². The lowest BCUT2D eigenvalue weighted by atomic mass is 10.1. The number of hydrogen-bond acceptors (Lipinski definition) is 4. The molecule has 0 aliphatic carbocycles. The van der Waals surface area contributed by atoms with Crippen LogP contribution in [0.15, 0.2) is 36.4 Å². The molecule has 0 spiro atoms. The molecule has 4 nitrogen and oxygen atoms in total. The Labute approximate surface area is 130 Å². The van der Waals surface area contributed by atoms with E-state index in [4.69, 9.17) is 11.6 Å². The largest absolute Gasteiger partial charge is 0.478 e. The van der Waals surface area contributed by atoms with E-state index in [1.807, 2.05) is 19.1 Å². The molecule has 0 unspecified atom stereocenters. The lowest BCUT2D eigenvalue weighted by molar-refractivity contribution is 0.0698. The van der Waals surface area contributed by atoms with Crippen LogP contribution in [0.25, 0.3) is 10.2 Å². The van der Waals surface area contributed by atoms with Crippen LogP contribution in [-0.2, 0) is 0 Å². The Kier molecular flexibility index (Phi) is 3.53. The zero-order valence-corrected chi connectivity index (χ0v) is 12.6. The predicted molar refractivity (Wildman–Crippen MR) is 86.1 cm³/mol. The molecule has 0 bridgehead atoms. The Hall–Kier alpha value is -2.11. The number of carboxylic acid groups (broad SMARTS) is 1. The van der Waals surface area contributed by atoms with E-state index in [0.29, 0.717) is 15.8 Å². The number of thiazole rings is 1. The van der Waals surface area contributed by atoms with E-state index in [1.165, 1.54) is 11.3 Å². The summed E-state index contributed by atoms with van der Waals surface area (Å²) in [4.78, 5) is 15.7. The molecule has 106 valence electrons. The molecule has 0 saturated carbocycles. The molecule has 0 fully saturated rings. The highest BCUT2D eigenvalue weighted by Gasteiger charge is 2.12. The van der Waals surface area contributed by atoms with Gasteiger partial charge in [-0.3, -0.25) is 0 Å². The third kappa shape index (κ3) is 2.84. The quantitative estimate of drug-likeness (QED) is 0.734. The van der Waals surface area contributed by atoms with Crippen molar-refractivity contribution in [3.8, 4) is 0 Å². The number of nitrogens with zero attached hydrogens (tertiary/aromatic N) is 1. The fourth-order valence-electron chi connectivity index (χ4n) is 2.02. The zero-order chi connectivity index (χ0) is 15.0. The van der Waals surface area contributed by atoms with E-state index in [2.05, 4.69) is 10.3 Å². The minimum absolute atomic E-state index is 0.220. The first-order valence-electron chi connectivity index (χ1n) is 6.20. The second-order valence-corrected chi connectivity index (χ2v) is 6.08. The van der Waals surface area contributed by atoms with Gasteiger partial charge >= 0.3 is 5.97 Å². The first kappa shape index (κ1) is 13.9. The lowest BCUT2D eigenvalue weighted by Gasteiger charge is -2.07. The summed E-state index contributed by atoms with van der Waals surface area (Å²) >= 11 is 7.39. The van der Waals surface area contributed by atoms with Gasteiger partial charge in [0.25, 0.3) is 0 Å². The number of hydrogen-bond donors (Lipinski definition) is 2. The van der Waals surface area contributed by atoms with Gasteiger partial charge in [0.15, 0.2) is 5.13 Å². The number of carbonyl (C=O) groups is 1. The van der Waals surface area contributed by atoms with Gasteiger partial charge in [-0.2, -0.15) is 0 Å². The highest BCUT2D eigenvalue weighted by molar-refractivity contribution is 7.22. The van der Waals surface area contributed by atoms with Gasteiger partial charge in [0.05, 0.1) is 21.5 Å². The van der Waals surface area contributed by atoms with E-state index in [-0.39, 0.29) is 5.56 Å². The molecule has 2 N–H and O–H groups in total. The molecule has 0 amide bonds. The summed E-state index contributed by atoms with van der Waals surface area (Å²) < 4.78 is 0.953. The number of benzene rings is 2. The third-order valence-corrected chi connectivity index (χ3v) is 4.17. The summed E-state index contributed by atoms with van der Waals surface area (Å²) in [6, 6.07) is 10.6. The number of aromatic carboxylic acids is 1. The topological polar surface area (TPSA) is 62.2 Å². The SMILES string of the molecule is Cc1ccc(C(=O)O)c(Nc2nc3ccc(Cl)cc3s2)c1. The number of anilines is 2. The maximum absolute atomic E-state index is 11.3. The zero-order valence-electron chi connectivity index (χ0n) is 11.1. The summed E-state index contributed by atoms with van der Waals surface area (Å²) in [6.07, 6.45) is 0. The van der Waals surface area contributed by atoms with Crippen LogP contribution in [0.1, 0.15) is 15.9 Å². The molecule has 3 rings (SSSR count). The molecule has 21 heavy (non-hydrogen) atoms. The summed E-state index contributed by atoms with van der Waals surface area (Å²) in [5, 5.41) is 13.6. The minimum Gasteiger partial charge on any atom is -0.478 e. The summed E-state index contributed by atoms with van der Waals surface area (Å²) in [6.45, 7) is 1.91. The van der Waals surface area contributed by atoms with Crippen LogP contribution < -0.4 is 5.32 Å². The van der Waals surface area contributed by atoms with Crippen LogP contribution in [0.4, 0.5) is 10.8 Å². The molecule has 1 heterocycles. The van der Waals surface area contributed by atoms with Gasteiger partial charge in [0, 0.05) is 5.02 Å². The number of rotatable bonds is 3. The molecule has 1 aromatic heterocycles. The normalized spacial score (nSPS) is 10.8. The number of aryl methyl sites for hydroxylation is 1. The fourth-order valence-corrected chi connectivity index (χ4v) is 3.17.